The van der Waals surface area contributed by atoms with E-state index in [0.717, 1.165) is 42.8 Å². The molecule has 1 aromatic heterocycles. The van der Waals surface area contributed by atoms with Crippen molar-refractivity contribution < 1.29 is 5.11 Å². The van der Waals surface area contributed by atoms with Gasteiger partial charge in [-0.25, -0.2) is 0 Å². The second-order valence-corrected chi connectivity index (χ2v) is 6.78. The minimum atomic E-state index is -0.574. The second kappa shape index (κ2) is 6.83. The van der Waals surface area contributed by atoms with Gasteiger partial charge in [-0.15, -0.1) is 0 Å². The second-order valence-electron chi connectivity index (χ2n) is 5.86. The summed E-state index contributed by atoms with van der Waals surface area (Å²) in [6, 6.07) is 2.11. The SMILES string of the molecule is CCNC(=NCC1(O)CCC1)N(C)Cc1cc(Br)cn1C. The maximum atomic E-state index is 10.2. The average Bonchev–Trinajstić information content (AvgIpc) is 2.70. The van der Waals surface area contributed by atoms with Crippen molar-refractivity contribution >= 4 is 21.9 Å². The van der Waals surface area contributed by atoms with Crippen LogP contribution in [0.25, 0.3) is 0 Å². The normalized spacial score (nSPS) is 17.5. The molecule has 0 amide bonds. The predicted octanol–water partition coefficient (Wildman–Crippen LogP) is 2.10. The van der Waals surface area contributed by atoms with Gasteiger partial charge in [0.1, 0.15) is 0 Å². The van der Waals surface area contributed by atoms with Crippen LogP contribution in [-0.4, -0.2) is 46.3 Å². The first-order valence-electron chi connectivity index (χ1n) is 7.46. The van der Waals surface area contributed by atoms with Gasteiger partial charge < -0.3 is 19.9 Å². The lowest BCUT2D eigenvalue weighted by Gasteiger charge is -2.35. The van der Waals surface area contributed by atoms with E-state index in [1.807, 2.05) is 20.3 Å². The number of nitrogens with zero attached hydrogens (tertiary/aromatic N) is 3. The third-order valence-corrected chi connectivity index (χ3v) is 4.41. The minimum Gasteiger partial charge on any atom is -0.388 e. The molecule has 5 nitrogen and oxygen atoms in total. The van der Waals surface area contributed by atoms with Crippen LogP contribution < -0.4 is 5.32 Å². The molecule has 1 fully saturated rings. The molecule has 0 aliphatic heterocycles. The lowest BCUT2D eigenvalue weighted by atomic mass is 9.80. The van der Waals surface area contributed by atoms with Gasteiger partial charge in [0, 0.05) is 37.0 Å². The van der Waals surface area contributed by atoms with Crippen molar-refractivity contribution in [1.82, 2.24) is 14.8 Å². The summed E-state index contributed by atoms with van der Waals surface area (Å²) < 4.78 is 3.18. The fourth-order valence-corrected chi connectivity index (χ4v) is 3.05. The van der Waals surface area contributed by atoms with Crippen LogP contribution in [0, 0.1) is 0 Å². The molecule has 0 bridgehead atoms. The van der Waals surface area contributed by atoms with Gasteiger partial charge in [-0.2, -0.15) is 0 Å². The first-order valence-corrected chi connectivity index (χ1v) is 8.25. The molecule has 21 heavy (non-hydrogen) atoms. The number of guanidine groups is 1. The van der Waals surface area contributed by atoms with Crippen molar-refractivity contribution in [3.8, 4) is 0 Å². The minimum absolute atomic E-state index is 0.483. The Kier molecular flexibility index (Phi) is 5.32. The van der Waals surface area contributed by atoms with Crippen LogP contribution in [0.4, 0.5) is 0 Å². The topological polar surface area (TPSA) is 52.8 Å². The van der Waals surface area contributed by atoms with Crippen molar-refractivity contribution in [2.75, 3.05) is 20.1 Å². The van der Waals surface area contributed by atoms with Gasteiger partial charge in [0.2, 0.25) is 0 Å². The largest absolute Gasteiger partial charge is 0.388 e. The molecular formula is C15H25BrN4O. The van der Waals surface area contributed by atoms with Crippen molar-refractivity contribution in [1.29, 1.82) is 0 Å². The van der Waals surface area contributed by atoms with Crippen LogP contribution >= 0.6 is 15.9 Å². The molecule has 0 aromatic carbocycles. The van der Waals surface area contributed by atoms with Crippen LogP contribution in [0.5, 0.6) is 0 Å². The summed E-state index contributed by atoms with van der Waals surface area (Å²) in [6.07, 6.45) is 4.88. The Morgan fingerprint density at radius 3 is 2.76 bits per heavy atom. The number of aryl methyl sites for hydroxylation is 1. The Morgan fingerprint density at radius 2 is 2.29 bits per heavy atom. The van der Waals surface area contributed by atoms with Crippen molar-refractivity contribution in [3.05, 3.63) is 22.4 Å². The van der Waals surface area contributed by atoms with E-state index in [2.05, 4.69) is 48.7 Å². The number of halogens is 1. The van der Waals surface area contributed by atoms with Crippen LogP contribution in [-0.2, 0) is 13.6 Å². The zero-order valence-corrected chi connectivity index (χ0v) is 14.7. The van der Waals surface area contributed by atoms with E-state index in [1.165, 1.54) is 5.69 Å². The zero-order valence-electron chi connectivity index (χ0n) is 13.1. The molecule has 0 saturated heterocycles. The highest BCUT2D eigenvalue weighted by atomic mass is 79.9. The number of aliphatic hydroxyl groups is 1. The van der Waals surface area contributed by atoms with E-state index in [-0.39, 0.29) is 0 Å². The molecule has 118 valence electrons. The fourth-order valence-electron chi connectivity index (χ4n) is 2.48. The van der Waals surface area contributed by atoms with Crippen LogP contribution in [0.3, 0.4) is 0 Å². The highest BCUT2D eigenvalue weighted by Gasteiger charge is 2.34. The number of hydrogen-bond acceptors (Lipinski definition) is 2. The Labute approximate surface area is 135 Å². The summed E-state index contributed by atoms with van der Waals surface area (Å²) in [5, 5.41) is 13.5. The lowest BCUT2D eigenvalue weighted by molar-refractivity contribution is -0.0237. The molecule has 1 heterocycles. The fraction of sp³-hybridized carbons (Fsp3) is 0.667. The van der Waals surface area contributed by atoms with E-state index < -0.39 is 5.60 Å². The molecule has 2 N–H and O–H groups in total. The molecule has 1 saturated carbocycles. The molecule has 0 atom stereocenters. The maximum Gasteiger partial charge on any atom is 0.194 e. The molecule has 1 aliphatic rings. The van der Waals surface area contributed by atoms with Crippen molar-refractivity contribution in [2.45, 2.75) is 38.3 Å². The Bertz CT molecular complexity index is 508. The van der Waals surface area contributed by atoms with Gasteiger partial charge in [0.15, 0.2) is 5.96 Å². The number of hydrogen-bond donors (Lipinski definition) is 2. The van der Waals surface area contributed by atoms with Gasteiger partial charge >= 0.3 is 0 Å². The Hall–Kier alpha value is -1.01. The number of nitrogens with one attached hydrogen (secondary N) is 1. The number of aromatic nitrogens is 1. The quantitative estimate of drug-likeness (QED) is 0.627. The van der Waals surface area contributed by atoms with E-state index in [0.29, 0.717) is 6.54 Å². The molecular weight excluding hydrogens is 332 g/mol. The molecule has 0 unspecified atom stereocenters. The first kappa shape index (κ1) is 16.4. The third-order valence-electron chi connectivity index (χ3n) is 3.98. The molecule has 1 aromatic rings. The van der Waals surface area contributed by atoms with Gasteiger partial charge in [-0.05, 0) is 48.2 Å². The van der Waals surface area contributed by atoms with Crippen LogP contribution in [0.2, 0.25) is 0 Å². The molecule has 0 radical (unpaired) electrons. The molecule has 6 heteroatoms. The smallest absolute Gasteiger partial charge is 0.194 e. The Morgan fingerprint density at radius 1 is 1.57 bits per heavy atom. The van der Waals surface area contributed by atoms with Gasteiger partial charge in [-0.1, -0.05) is 0 Å². The summed E-state index contributed by atoms with van der Waals surface area (Å²) in [5.41, 5.74) is 0.632. The van der Waals surface area contributed by atoms with E-state index in [4.69, 9.17) is 0 Å². The summed E-state index contributed by atoms with van der Waals surface area (Å²) in [7, 11) is 4.06. The standard InChI is InChI=1S/C15H25BrN4O/c1-4-17-14(18-11-15(21)6-5-7-15)20(3)10-13-8-12(16)9-19(13)2/h8-9,21H,4-7,10-11H2,1-3H3,(H,17,18). The first-order chi connectivity index (χ1) is 9.93. The highest BCUT2D eigenvalue weighted by Crippen LogP contribution is 2.31. The Balaban J connectivity index is 2.02. The average molecular weight is 357 g/mol. The lowest BCUT2D eigenvalue weighted by Crippen LogP contribution is -2.43. The van der Waals surface area contributed by atoms with Gasteiger partial charge in [0.25, 0.3) is 0 Å². The third kappa shape index (κ3) is 4.23. The van der Waals surface area contributed by atoms with Gasteiger partial charge in [-0.3, -0.25) is 4.99 Å². The summed E-state index contributed by atoms with van der Waals surface area (Å²) in [4.78, 5) is 6.69. The summed E-state index contributed by atoms with van der Waals surface area (Å²) in [5.74, 6) is 0.843. The van der Waals surface area contributed by atoms with Crippen molar-refractivity contribution in [3.63, 3.8) is 0 Å². The number of rotatable bonds is 5. The van der Waals surface area contributed by atoms with Crippen molar-refractivity contribution in [2.24, 2.45) is 12.0 Å². The molecule has 0 spiro atoms. The zero-order chi connectivity index (χ0) is 15.5. The predicted molar refractivity (Wildman–Crippen MR) is 89.4 cm³/mol. The van der Waals surface area contributed by atoms with Crippen LogP contribution in [0.15, 0.2) is 21.7 Å². The molecule has 2 rings (SSSR count). The van der Waals surface area contributed by atoms with E-state index >= 15 is 0 Å². The van der Waals surface area contributed by atoms with Crippen LogP contribution in [0.1, 0.15) is 31.9 Å². The summed E-state index contributed by atoms with van der Waals surface area (Å²) in [6.45, 7) is 4.13. The molecule has 1 aliphatic carbocycles. The number of aliphatic imine (C=N–C) groups is 1. The van der Waals surface area contributed by atoms with E-state index in [9.17, 15) is 5.11 Å². The maximum absolute atomic E-state index is 10.2. The summed E-state index contributed by atoms with van der Waals surface area (Å²) >= 11 is 3.50. The van der Waals surface area contributed by atoms with Gasteiger partial charge in [0.05, 0.1) is 18.7 Å². The highest BCUT2D eigenvalue weighted by molar-refractivity contribution is 9.10. The van der Waals surface area contributed by atoms with E-state index in [1.54, 1.807) is 0 Å². The monoisotopic (exact) mass is 356 g/mol.